The first-order chi connectivity index (χ1) is 8.15. The van der Waals surface area contributed by atoms with Crippen molar-refractivity contribution in [3.63, 3.8) is 0 Å². The third-order valence-electron chi connectivity index (χ3n) is 3.46. The van der Waals surface area contributed by atoms with Crippen LogP contribution in [0.5, 0.6) is 0 Å². The molecule has 1 heterocycles. The molecule has 0 amide bonds. The SMILES string of the molecule is NC1CCC(Cc2ccc(C(=O)O)cn2)CC1. The zero-order valence-electron chi connectivity index (χ0n) is 9.80. The van der Waals surface area contributed by atoms with Crippen LogP contribution >= 0.6 is 0 Å². The van der Waals surface area contributed by atoms with E-state index in [0.717, 1.165) is 37.8 Å². The second kappa shape index (κ2) is 5.27. The molecule has 3 N–H and O–H groups in total. The van der Waals surface area contributed by atoms with E-state index in [1.165, 1.54) is 6.20 Å². The molecule has 92 valence electrons. The number of nitrogens with zero attached hydrogens (tertiary/aromatic N) is 1. The van der Waals surface area contributed by atoms with Gasteiger partial charge in [-0.25, -0.2) is 4.79 Å². The van der Waals surface area contributed by atoms with E-state index in [1.807, 2.05) is 6.07 Å². The molecule has 0 saturated heterocycles. The minimum atomic E-state index is -0.923. The molecular weight excluding hydrogens is 216 g/mol. The van der Waals surface area contributed by atoms with Gasteiger partial charge in [0.1, 0.15) is 0 Å². The fraction of sp³-hybridized carbons (Fsp3) is 0.538. The van der Waals surface area contributed by atoms with Crippen LogP contribution in [0.15, 0.2) is 18.3 Å². The van der Waals surface area contributed by atoms with Crippen LogP contribution in [0, 0.1) is 5.92 Å². The number of carboxylic acid groups (broad SMARTS) is 1. The van der Waals surface area contributed by atoms with Gasteiger partial charge in [0.05, 0.1) is 5.56 Å². The molecule has 4 heteroatoms. The van der Waals surface area contributed by atoms with Crippen LogP contribution in [-0.2, 0) is 6.42 Å². The summed E-state index contributed by atoms with van der Waals surface area (Å²) in [5.74, 6) is -0.273. The van der Waals surface area contributed by atoms with Gasteiger partial charge in [-0.1, -0.05) is 0 Å². The first kappa shape index (κ1) is 12.0. The molecule has 0 bridgehead atoms. The number of carboxylic acids is 1. The standard InChI is InChI=1S/C13H18N2O2/c14-11-4-1-9(2-5-11)7-12-6-3-10(8-15-12)13(16)17/h3,6,8-9,11H,1-2,4-5,7,14H2,(H,16,17). The Hall–Kier alpha value is -1.42. The fourth-order valence-corrected chi connectivity index (χ4v) is 2.36. The molecular formula is C13H18N2O2. The number of hydrogen-bond acceptors (Lipinski definition) is 3. The van der Waals surface area contributed by atoms with Crippen LogP contribution < -0.4 is 5.73 Å². The zero-order valence-corrected chi connectivity index (χ0v) is 9.80. The van der Waals surface area contributed by atoms with E-state index in [1.54, 1.807) is 6.07 Å². The largest absolute Gasteiger partial charge is 0.478 e. The van der Waals surface area contributed by atoms with E-state index >= 15 is 0 Å². The molecule has 0 spiro atoms. The van der Waals surface area contributed by atoms with Gasteiger partial charge in [0.15, 0.2) is 0 Å². The van der Waals surface area contributed by atoms with Crippen molar-refractivity contribution in [1.29, 1.82) is 0 Å². The Morgan fingerprint density at radius 1 is 1.35 bits per heavy atom. The van der Waals surface area contributed by atoms with Crippen molar-refractivity contribution < 1.29 is 9.90 Å². The minimum Gasteiger partial charge on any atom is -0.478 e. The lowest BCUT2D eigenvalue weighted by Gasteiger charge is -2.25. The smallest absolute Gasteiger partial charge is 0.337 e. The fourth-order valence-electron chi connectivity index (χ4n) is 2.36. The van der Waals surface area contributed by atoms with Gasteiger partial charge in [0, 0.05) is 17.9 Å². The van der Waals surface area contributed by atoms with Gasteiger partial charge in [0.2, 0.25) is 0 Å². The topological polar surface area (TPSA) is 76.2 Å². The summed E-state index contributed by atoms with van der Waals surface area (Å²) in [7, 11) is 0. The molecule has 1 aromatic rings. The summed E-state index contributed by atoms with van der Waals surface area (Å²) < 4.78 is 0. The molecule has 4 nitrogen and oxygen atoms in total. The summed E-state index contributed by atoms with van der Waals surface area (Å²) in [5.41, 5.74) is 7.09. The van der Waals surface area contributed by atoms with Crippen LogP contribution in [0.3, 0.4) is 0 Å². The zero-order chi connectivity index (χ0) is 12.3. The summed E-state index contributed by atoms with van der Waals surface area (Å²) in [5, 5.41) is 8.77. The summed E-state index contributed by atoms with van der Waals surface area (Å²) in [6.07, 6.45) is 6.88. The summed E-state index contributed by atoms with van der Waals surface area (Å²) in [6.45, 7) is 0. The van der Waals surface area contributed by atoms with Crippen LogP contribution in [0.2, 0.25) is 0 Å². The van der Waals surface area contributed by atoms with Gasteiger partial charge in [-0.05, 0) is 50.2 Å². The van der Waals surface area contributed by atoms with Crippen LogP contribution in [0.1, 0.15) is 41.7 Å². The second-order valence-corrected chi connectivity index (χ2v) is 4.83. The maximum absolute atomic E-state index is 10.7. The van der Waals surface area contributed by atoms with Gasteiger partial charge in [-0.2, -0.15) is 0 Å². The Morgan fingerprint density at radius 3 is 2.59 bits per heavy atom. The van der Waals surface area contributed by atoms with Gasteiger partial charge in [-0.15, -0.1) is 0 Å². The molecule has 2 rings (SSSR count). The molecule has 0 radical (unpaired) electrons. The molecule has 0 aromatic carbocycles. The monoisotopic (exact) mass is 234 g/mol. The Morgan fingerprint density at radius 2 is 2.06 bits per heavy atom. The number of carbonyl (C=O) groups is 1. The van der Waals surface area contributed by atoms with Gasteiger partial charge in [-0.3, -0.25) is 4.98 Å². The van der Waals surface area contributed by atoms with Crippen molar-refractivity contribution in [1.82, 2.24) is 4.98 Å². The highest BCUT2D eigenvalue weighted by Gasteiger charge is 2.19. The van der Waals surface area contributed by atoms with Crippen molar-refractivity contribution in [3.05, 3.63) is 29.6 Å². The molecule has 1 saturated carbocycles. The Balaban J connectivity index is 1.92. The number of aromatic carboxylic acids is 1. The number of pyridine rings is 1. The lowest BCUT2D eigenvalue weighted by atomic mass is 9.84. The Kier molecular flexibility index (Phi) is 3.74. The molecule has 1 aliphatic carbocycles. The molecule has 1 aliphatic rings. The highest BCUT2D eigenvalue weighted by molar-refractivity contribution is 5.87. The second-order valence-electron chi connectivity index (χ2n) is 4.83. The lowest BCUT2D eigenvalue weighted by Crippen LogP contribution is -2.27. The maximum atomic E-state index is 10.7. The average Bonchev–Trinajstić information content (AvgIpc) is 2.33. The highest BCUT2D eigenvalue weighted by atomic mass is 16.4. The molecule has 1 aromatic heterocycles. The minimum absolute atomic E-state index is 0.249. The number of aromatic nitrogens is 1. The van der Waals surface area contributed by atoms with Crippen molar-refractivity contribution in [2.75, 3.05) is 0 Å². The Labute approximate surface area is 101 Å². The normalized spacial score (nSPS) is 24.5. The third-order valence-corrected chi connectivity index (χ3v) is 3.46. The number of hydrogen-bond donors (Lipinski definition) is 2. The average molecular weight is 234 g/mol. The van der Waals surface area contributed by atoms with E-state index < -0.39 is 5.97 Å². The predicted molar refractivity (Wildman–Crippen MR) is 64.8 cm³/mol. The van der Waals surface area contributed by atoms with Gasteiger partial charge in [0.25, 0.3) is 0 Å². The van der Waals surface area contributed by atoms with E-state index in [2.05, 4.69) is 4.98 Å². The van der Waals surface area contributed by atoms with Gasteiger partial charge >= 0.3 is 5.97 Å². The van der Waals surface area contributed by atoms with Gasteiger partial charge < -0.3 is 10.8 Å². The summed E-state index contributed by atoms with van der Waals surface area (Å²) >= 11 is 0. The number of nitrogens with two attached hydrogens (primary N) is 1. The molecule has 0 aliphatic heterocycles. The third kappa shape index (κ3) is 3.27. The molecule has 0 atom stereocenters. The quantitative estimate of drug-likeness (QED) is 0.836. The van der Waals surface area contributed by atoms with E-state index in [-0.39, 0.29) is 5.56 Å². The first-order valence-corrected chi connectivity index (χ1v) is 6.09. The summed E-state index contributed by atoms with van der Waals surface area (Å²) in [6, 6.07) is 3.81. The van der Waals surface area contributed by atoms with Crippen molar-refractivity contribution >= 4 is 5.97 Å². The van der Waals surface area contributed by atoms with Crippen LogP contribution in [-0.4, -0.2) is 22.1 Å². The van der Waals surface area contributed by atoms with E-state index in [9.17, 15) is 4.79 Å². The molecule has 1 fully saturated rings. The summed E-state index contributed by atoms with van der Waals surface area (Å²) in [4.78, 5) is 14.9. The molecule has 17 heavy (non-hydrogen) atoms. The first-order valence-electron chi connectivity index (χ1n) is 6.09. The maximum Gasteiger partial charge on any atom is 0.337 e. The lowest BCUT2D eigenvalue weighted by molar-refractivity contribution is 0.0696. The van der Waals surface area contributed by atoms with E-state index in [4.69, 9.17) is 10.8 Å². The molecule has 0 unspecified atom stereocenters. The predicted octanol–water partition coefficient (Wildman–Crippen LogP) is 1.84. The van der Waals surface area contributed by atoms with Crippen molar-refractivity contribution in [2.24, 2.45) is 11.7 Å². The van der Waals surface area contributed by atoms with Crippen LogP contribution in [0.4, 0.5) is 0 Å². The van der Waals surface area contributed by atoms with Crippen molar-refractivity contribution in [3.8, 4) is 0 Å². The number of rotatable bonds is 3. The Bertz CT molecular complexity index is 381. The van der Waals surface area contributed by atoms with E-state index in [0.29, 0.717) is 12.0 Å². The van der Waals surface area contributed by atoms with Crippen molar-refractivity contribution in [2.45, 2.75) is 38.1 Å². The van der Waals surface area contributed by atoms with Crippen LogP contribution in [0.25, 0.3) is 0 Å². The highest BCUT2D eigenvalue weighted by Crippen LogP contribution is 2.25.